The number of rotatable bonds is 4. The van der Waals surface area contributed by atoms with Crippen molar-refractivity contribution in [3.63, 3.8) is 0 Å². The number of hydrogen-bond acceptors (Lipinski definition) is 5. The average Bonchev–Trinajstić information content (AvgIpc) is 2.65. The van der Waals surface area contributed by atoms with Crippen molar-refractivity contribution < 1.29 is 9.72 Å². The van der Waals surface area contributed by atoms with E-state index in [0.717, 1.165) is 0 Å². The highest BCUT2D eigenvalue weighted by Crippen LogP contribution is 2.22. The Kier molecular flexibility index (Phi) is 4.68. The van der Waals surface area contributed by atoms with Crippen LogP contribution in [0.25, 0.3) is 10.9 Å². The molecule has 0 radical (unpaired) electrons. The van der Waals surface area contributed by atoms with Crippen molar-refractivity contribution in [1.29, 1.82) is 5.26 Å². The lowest BCUT2D eigenvalue weighted by Gasteiger charge is -2.13. The molecule has 2 aromatic carbocycles. The molecule has 0 aliphatic heterocycles. The summed E-state index contributed by atoms with van der Waals surface area (Å²) in [5.41, 5.74) is 0.952. The second-order valence-electron chi connectivity index (χ2n) is 5.93. The van der Waals surface area contributed by atoms with Gasteiger partial charge in [0, 0.05) is 23.7 Å². The molecule has 3 rings (SSSR count). The molecule has 0 saturated carbocycles. The standard InChI is InChI=1S/C19H14N4O4/c1-12-6-7-14(23(26)27)8-16(12)21-18(24)11-22-10-13(9-20)19(25)15-4-2-3-5-17(15)22/h2-8,10H,11H2,1H3,(H,21,24). The van der Waals surface area contributed by atoms with E-state index in [9.17, 15) is 19.7 Å². The van der Waals surface area contributed by atoms with Crippen molar-refractivity contribution >= 4 is 28.2 Å². The summed E-state index contributed by atoms with van der Waals surface area (Å²) in [7, 11) is 0. The number of nitriles is 1. The number of aryl methyl sites for hydroxylation is 1. The molecular formula is C19H14N4O4. The SMILES string of the molecule is Cc1ccc([N+](=O)[O-])cc1NC(=O)Cn1cc(C#N)c(=O)c2ccccc21. The Bertz CT molecular complexity index is 1170. The van der Waals surface area contributed by atoms with E-state index in [2.05, 4.69) is 5.32 Å². The molecule has 8 nitrogen and oxygen atoms in total. The van der Waals surface area contributed by atoms with Crippen LogP contribution in [0.4, 0.5) is 11.4 Å². The number of carbonyl (C=O) groups excluding carboxylic acids is 1. The first-order chi connectivity index (χ1) is 12.9. The van der Waals surface area contributed by atoms with Gasteiger partial charge in [-0.3, -0.25) is 19.7 Å². The first kappa shape index (κ1) is 17.8. The third-order valence-electron chi connectivity index (χ3n) is 4.13. The first-order valence-corrected chi connectivity index (χ1v) is 7.98. The first-order valence-electron chi connectivity index (χ1n) is 7.98. The van der Waals surface area contributed by atoms with Gasteiger partial charge in [0.05, 0.1) is 16.1 Å². The van der Waals surface area contributed by atoms with E-state index in [4.69, 9.17) is 5.26 Å². The molecule has 3 aromatic rings. The van der Waals surface area contributed by atoms with Crippen molar-refractivity contribution in [2.75, 3.05) is 5.32 Å². The number of hydrogen-bond donors (Lipinski definition) is 1. The summed E-state index contributed by atoms with van der Waals surface area (Å²) in [5.74, 6) is -0.434. The van der Waals surface area contributed by atoms with Gasteiger partial charge in [0.15, 0.2) is 0 Å². The number of nitro benzene ring substituents is 1. The van der Waals surface area contributed by atoms with E-state index in [1.807, 2.05) is 6.07 Å². The second kappa shape index (κ2) is 7.09. The number of nitro groups is 1. The van der Waals surface area contributed by atoms with Crippen LogP contribution in [0.2, 0.25) is 0 Å². The normalized spacial score (nSPS) is 10.4. The molecule has 0 bridgehead atoms. The molecule has 0 aliphatic rings. The molecule has 0 fully saturated rings. The number of nitrogens with one attached hydrogen (secondary N) is 1. The fourth-order valence-corrected chi connectivity index (χ4v) is 2.76. The second-order valence-corrected chi connectivity index (χ2v) is 5.93. The molecule has 0 atom stereocenters. The van der Waals surface area contributed by atoms with Crippen LogP contribution in [0.3, 0.4) is 0 Å². The van der Waals surface area contributed by atoms with Gasteiger partial charge in [0.2, 0.25) is 11.3 Å². The molecule has 27 heavy (non-hydrogen) atoms. The number of anilines is 1. The number of non-ortho nitro benzene ring substituents is 1. The molecule has 0 unspecified atom stereocenters. The molecule has 0 aliphatic carbocycles. The predicted molar refractivity (Wildman–Crippen MR) is 99.4 cm³/mol. The third-order valence-corrected chi connectivity index (χ3v) is 4.13. The molecule has 8 heteroatoms. The number of carbonyl (C=O) groups is 1. The number of para-hydroxylation sites is 1. The Hall–Kier alpha value is -3.99. The molecular weight excluding hydrogens is 348 g/mol. The van der Waals surface area contributed by atoms with Gasteiger partial charge in [-0.15, -0.1) is 0 Å². The molecule has 1 N–H and O–H groups in total. The molecule has 1 amide bonds. The summed E-state index contributed by atoms with van der Waals surface area (Å²) in [6.45, 7) is 1.57. The van der Waals surface area contributed by atoms with Crippen molar-refractivity contribution in [2.24, 2.45) is 0 Å². The maximum absolute atomic E-state index is 12.5. The topological polar surface area (TPSA) is 118 Å². The number of aromatic nitrogens is 1. The van der Waals surface area contributed by atoms with Crippen molar-refractivity contribution in [2.45, 2.75) is 13.5 Å². The lowest BCUT2D eigenvalue weighted by atomic mass is 10.1. The molecule has 1 heterocycles. The Balaban J connectivity index is 1.95. The van der Waals surface area contributed by atoms with Gasteiger partial charge in [-0.05, 0) is 24.6 Å². The Morgan fingerprint density at radius 2 is 2.04 bits per heavy atom. The Morgan fingerprint density at radius 1 is 1.30 bits per heavy atom. The van der Waals surface area contributed by atoms with Crippen LogP contribution in [0.5, 0.6) is 0 Å². The summed E-state index contributed by atoms with van der Waals surface area (Å²) in [4.78, 5) is 35.1. The monoisotopic (exact) mass is 362 g/mol. The van der Waals surface area contributed by atoms with Crippen LogP contribution in [0.1, 0.15) is 11.1 Å². The van der Waals surface area contributed by atoms with Gasteiger partial charge in [0.1, 0.15) is 18.2 Å². The molecule has 134 valence electrons. The van der Waals surface area contributed by atoms with Crippen LogP contribution >= 0.6 is 0 Å². The minimum absolute atomic E-state index is 0.0620. The zero-order valence-corrected chi connectivity index (χ0v) is 14.3. The fraction of sp³-hybridized carbons (Fsp3) is 0.105. The largest absolute Gasteiger partial charge is 0.336 e. The zero-order chi connectivity index (χ0) is 19.6. The fourth-order valence-electron chi connectivity index (χ4n) is 2.76. The Labute approximate surface area is 153 Å². The van der Waals surface area contributed by atoms with Gasteiger partial charge in [0.25, 0.3) is 5.69 Å². The minimum Gasteiger partial charge on any atom is -0.336 e. The number of nitrogens with zero attached hydrogens (tertiary/aromatic N) is 3. The van der Waals surface area contributed by atoms with Crippen LogP contribution in [0.15, 0.2) is 53.5 Å². The summed E-state index contributed by atoms with van der Waals surface area (Å²) in [6.07, 6.45) is 1.34. The highest BCUT2D eigenvalue weighted by atomic mass is 16.6. The lowest BCUT2D eigenvalue weighted by Crippen LogP contribution is -2.22. The maximum Gasteiger partial charge on any atom is 0.271 e. The number of amides is 1. The van der Waals surface area contributed by atoms with E-state index >= 15 is 0 Å². The number of benzene rings is 2. The van der Waals surface area contributed by atoms with E-state index < -0.39 is 10.8 Å². The Morgan fingerprint density at radius 3 is 2.74 bits per heavy atom. The molecule has 0 saturated heterocycles. The average molecular weight is 362 g/mol. The van der Waals surface area contributed by atoms with Crippen LogP contribution < -0.4 is 10.7 Å². The third kappa shape index (κ3) is 3.52. The summed E-state index contributed by atoms with van der Waals surface area (Å²) in [5, 5.41) is 23.1. The van der Waals surface area contributed by atoms with E-state index in [-0.39, 0.29) is 23.2 Å². The van der Waals surface area contributed by atoms with Gasteiger partial charge in [-0.2, -0.15) is 5.26 Å². The smallest absolute Gasteiger partial charge is 0.271 e. The van der Waals surface area contributed by atoms with Gasteiger partial charge < -0.3 is 9.88 Å². The van der Waals surface area contributed by atoms with Gasteiger partial charge in [-0.1, -0.05) is 18.2 Å². The molecule has 0 spiro atoms. The van der Waals surface area contributed by atoms with Crippen LogP contribution in [-0.2, 0) is 11.3 Å². The van der Waals surface area contributed by atoms with Crippen LogP contribution in [-0.4, -0.2) is 15.4 Å². The summed E-state index contributed by atoms with van der Waals surface area (Å²) in [6, 6.07) is 12.7. The van der Waals surface area contributed by atoms with E-state index in [1.54, 1.807) is 37.3 Å². The van der Waals surface area contributed by atoms with Gasteiger partial charge >= 0.3 is 0 Å². The van der Waals surface area contributed by atoms with Crippen molar-refractivity contribution in [3.8, 4) is 6.07 Å². The maximum atomic E-state index is 12.5. The summed E-state index contributed by atoms with van der Waals surface area (Å²) >= 11 is 0. The predicted octanol–water partition coefficient (Wildman–Crippen LogP) is 2.73. The highest BCUT2D eigenvalue weighted by Gasteiger charge is 2.14. The van der Waals surface area contributed by atoms with Crippen molar-refractivity contribution in [3.05, 3.63) is 80.1 Å². The minimum atomic E-state index is -0.538. The van der Waals surface area contributed by atoms with Crippen molar-refractivity contribution in [1.82, 2.24) is 4.57 Å². The van der Waals surface area contributed by atoms with E-state index in [0.29, 0.717) is 22.2 Å². The number of fused-ring (bicyclic) bond motifs is 1. The lowest BCUT2D eigenvalue weighted by molar-refractivity contribution is -0.384. The molecule has 1 aromatic heterocycles. The number of pyridine rings is 1. The van der Waals surface area contributed by atoms with Gasteiger partial charge in [-0.25, -0.2) is 0 Å². The van der Waals surface area contributed by atoms with E-state index in [1.165, 1.54) is 22.9 Å². The quantitative estimate of drug-likeness (QED) is 0.565. The zero-order valence-electron chi connectivity index (χ0n) is 14.3. The van der Waals surface area contributed by atoms with Crippen LogP contribution in [0, 0.1) is 28.4 Å². The summed E-state index contributed by atoms with van der Waals surface area (Å²) < 4.78 is 1.51. The highest BCUT2D eigenvalue weighted by molar-refractivity contribution is 5.93.